The Morgan fingerprint density at radius 3 is 3.04 bits per heavy atom. The Morgan fingerprint density at radius 1 is 1.52 bits per heavy atom. The highest BCUT2D eigenvalue weighted by molar-refractivity contribution is 5.92. The van der Waals surface area contributed by atoms with Gasteiger partial charge in [-0.1, -0.05) is 18.2 Å². The summed E-state index contributed by atoms with van der Waals surface area (Å²) in [6, 6.07) is 6.30. The van der Waals surface area contributed by atoms with Crippen LogP contribution in [-0.2, 0) is 9.53 Å². The molecule has 0 spiro atoms. The monoisotopic (exact) mass is 326 g/mol. The number of benzene rings is 1. The zero-order valence-electron chi connectivity index (χ0n) is 12.9. The molecule has 1 saturated heterocycles. The zero-order valence-corrected chi connectivity index (χ0v) is 12.9. The first-order chi connectivity index (χ1) is 11.0. The second-order valence-electron chi connectivity index (χ2n) is 5.25. The third-order valence-electron chi connectivity index (χ3n) is 3.40. The number of halogens is 2. The van der Waals surface area contributed by atoms with Gasteiger partial charge in [0.2, 0.25) is 5.91 Å². The molecule has 1 N–H and O–H groups in total. The van der Waals surface area contributed by atoms with Gasteiger partial charge in [-0.3, -0.25) is 4.79 Å². The van der Waals surface area contributed by atoms with E-state index in [2.05, 4.69) is 15.0 Å². The second kappa shape index (κ2) is 8.59. The van der Waals surface area contributed by atoms with Crippen molar-refractivity contribution in [2.75, 3.05) is 33.3 Å². The summed E-state index contributed by atoms with van der Waals surface area (Å²) in [5, 5.41) is 2.74. The quantitative estimate of drug-likeness (QED) is 0.809. The third kappa shape index (κ3) is 5.96. The third-order valence-corrected chi connectivity index (χ3v) is 3.40. The van der Waals surface area contributed by atoms with Crippen molar-refractivity contribution in [1.82, 2.24) is 10.2 Å². The lowest BCUT2D eigenvalue weighted by molar-refractivity contribution is -0.117. The molecule has 5 nitrogen and oxygen atoms in total. The minimum Gasteiger partial charge on any atom is -0.434 e. The van der Waals surface area contributed by atoms with Crippen molar-refractivity contribution in [2.24, 2.45) is 0 Å². The summed E-state index contributed by atoms with van der Waals surface area (Å²) in [5.41, 5.74) is 0.414. The minimum atomic E-state index is -2.90. The van der Waals surface area contributed by atoms with E-state index in [0.717, 1.165) is 13.1 Å². The van der Waals surface area contributed by atoms with E-state index in [9.17, 15) is 13.6 Å². The van der Waals surface area contributed by atoms with Gasteiger partial charge in [0.1, 0.15) is 5.75 Å². The SMILES string of the molecule is CN1CCO[C@H](CNC(=O)/C=C\c2ccccc2OC(F)F)C1. The molecule has 2 rings (SSSR count). The van der Waals surface area contributed by atoms with Crippen LogP contribution in [0.5, 0.6) is 5.75 Å². The fourth-order valence-corrected chi connectivity index (χ4v) is 2.25. The van der Waals surface area contributed by atoms with Crippen LogP contribution in [0.3, 0.4) is 0 Å². The molecule has 0 bridgehead atoms. The molecular formula is C16H20F2N2O3. The van der Waals surface area contributed by atoms with Crippen molar-refractivity contribution < 1.29 is 23.0 Å². The van der Waals surface area contributed by atoms with Crippen LogP contribution >= 0.6 is 0 Å². The largest absolute Gasteiger partial charge is 0.434 e. The van der Waals surface area contributed by atoms with E-state index in [1.165, 1.54) is 18.2 Å². The molecule has 1 amide bonds. The van der Waals surface area contributed by atoms with Crippen molar-refractivity contribution in [1.29, 1.82) is 0 Å². The van der Waals surface area contributed by atoms with Crippen LogP contribution in [0, 0.1) is 0 Å². The molecule has 1 fully saturated rings. The Kier molecular flexibility index (Phi) is 6.49. The number of para-hydroxylation sites is 1. The molecule has 0 unspecified atom stereocenters. The van der Waals surface area contributed by atoms with Crippen LogP contribution < -0.4 is 10.1 Å². The van der Waals surface area contributed by atoms with Crippen molar-refractivity contribution in [3.8, 4) is 5.75 Å². The highest BCUT2D eigenvalue weighted by atomic mass is 19.3. The van der Waals surface area contributed by atoms with Gasteiger partial charge in [-0.25, -0.2) is 0 Å². The fourth-order valence-electron chi connectivity index (χ4n) is 2.25. The van der Waals surface area contributed by atoms with Crippen LogP contribution in [0.1, 0.15) is 5.56 Å². The first kappa shape index (κ1) is 17.4. The number of nitrogens with zero attached hydrogens (tertiary/aromatic N) is 1. The molecule has 0 radical (unpaired) electrons. The number of morpholine rings is 1. The van der Waals surface area contributed by atoms with E-state index in [1.807, 2.05) is 7.05 Å². The molecule has 1 aromatic rings. The van der Waals surface area contributed by atoms with Gasteiger partial charge in [-0.05, 0) is 19.2 Å². The molecule has 1 heterocycles. The maximum atomic E-state index is 12.3. The van der Waals surface area contributed by atoms with Gasteiger partial charge in [0.25, 0.3) is 0 Å². The highest BCUT2D eigenvalue weighted by Gasteiger charge is 2.17. The van der Waals surface area contributed by atoms with Gasteiger partial charge >= 0.3 is 6.61 Å². The number of likely N-dealkylation sites (N-methyl/N-ethyl adjacent to an activating group) is 1. The summed E-state index contributed by atoms with van der Waals surface area (Å²) in [4.78, 5) is 14.0. The first-order valence-electron chi connectivity index (χ1n) is 7.34. The summed E-state index contributed by atoms with van der Waals surface area (Å²) in [6.45, 7) is -0.215. The smallest absolute Gasteiger partial charge is 0.387 e. The van der Waals surface area contributed by atoms with Gasteiger partial charge < -0.3 is 19.7 Å². The average Bonchev–Trinajstić information content (AvgIpc) is 2.51. The van der Waals surface area contributed by atoms with Crippen molar-refractivity contribution in [2.45, 2.75) is 12.7 Å². The number of carbonyl (C=O) groups excluding carboxylic acids is 1. The number of amides is 1. The molecule has 1 atom stereocenters. The molecule has 1 aliphatic rings. The van der Waals surface area contributed by atoms with Crippen LogP contribution in [0.25, 0.3) is 6.08 Å². The van der Waals surface area contributed by atoms with E-state index in [1.54, 1.807) is 18.2 Å². The predicted molar refractivity (Wildman–Crippen MR) is 82.4 cm³/mol. The standard InChI is InChI=1S/C16H20F2N2O3/c1-20-8-9-22-13(11-20)10-19-15(21)7-6-12-4-2-3-5-14(12)23-16(17)18/h2-7,13,16H,8-11H2,1H3,(H,19,21)/b7-6-/t13-/m1/s1. The summed E-state index contributed by atoms with van der Waals surface area (Å²) in [7, 11) is 2.00. The number of hydrogen-bond donors (Lipinski definition) is 1. The summed E-state index contributed by atoms with van der Waals surface area (Å²) >= 11 is 0. The van der Waals surface area contributed by atoms with Crippen molar-refractivity contribution in [3.63, 3.8) is 0 Å². The number of rotatable bonds is 6. The van der Waals surface area contributed by atoms with E-state index in [-0.39, 0.29) is 17.8 Å². The van der Waals surface area contributed by atoms with Crippen LogP contribution in [0.15, 0.2) is 30.3 Å². The topological polar surface area (TPSA) is 50.8 Å². The fraction of sp³-hybridized carbons (Fsp3) is 0.438. The van der Waals surface area contributed by atoms with Gasteiger partial charge in [-0.15, -0.1) is 0 Å². The lowest BCUT2D eigenvalue weighted by atomic mass is 10.2. The summed E-state index contributed by atoms with van der Waals surface area (Å²) < 4.78 is 34.6. The average molecular weight is 326 g/mol. The van der Waals surface area contributed by atoms with Gasteiger partial charge in [0, 0.05) is 31.3 Å². The molecule has 1 aromatic carbocycles. The van der Waals surface area contributed by atoms with Crippen molar-refractivity contribution >= 4 is 12.0 Å². The first-order valence-corrected chi connectivity index (χ1v) is 7.34. The molecule has 0 saturated carbocycles. The molecule has 0 aliphatic carbocycles. The Bertz CT molecular complexity index is 552. The Balaban J connectivity index is 1.86. The lowest BCUT2D eigenvalue weighted by Crippen LogP contribution is -2.45. The normalized spacial score (nSPS) is 19.2. The van der Waals surface area contributed by atoms with Gasteiger partial charge in [0.15, 0.2) is 0 Å². The maximum Gasteiger partial charge on any atom is 0.387 e. The predicted octanol–water partition coefficient (Wildman–Crippen LogP) is 1.75. The summed E-state index contributed by atoms with van der Waals surface area (Å²) in [6.07, 6.45) is 2.70. The number of hydrogen-bond acceptors (Lipinski definition) is 4. The van der Waals surface area contributed by atoms with E-state index >= 15 is 0 Å². The molecule has 1 aliphatic heterocycles. The minimum absolute atomic E-state index is 0.0313. The van der Waals surface area contributed by atoms with Crippen LogP contribution in [-0.4, -0.2) is 56.8 Å². The number of ether oxygens (including phenoxy) is 2. The van der Waals surface area contributed by atoms with Crippen LogP contribution in [0.2, 0.25) is 0 Å². The molecule has 23 heavy (non-hydrogen) atoms. The number of alkyl halides is 2. The number of carbonyl (C=O) groups is 1. The molecule has 7 heteroatoms. The Labute approximate surface area is 133 Å². The van der Waals surface area contributed by atoms with Crippen LogP contribution in [0.4, 0.5) is 8.78 Å². The van der Waals surface area contributed by atoms with E-state index in [4.69, 9.17) is 4.74 Å². The zero-order chi connectivity index (χ0) is 16.7. The van der Waals surface area contributed by atoms with E-state index < -0.39 is 6.61 Å². The van der Waals surface area contributed by atoms with E-state index in [0.29, 0.717) is 18.7 Å². The number of nitrogens with one attached hydrogen (secondary N) is 1. The molecule has 126 valence electrons. The highest BCUT2D eigenvalue weighted by Crippen LogP contribution is 2.21. The summed E-state index contributed by atoms with van der Waals surface area (Å²) in [5.74, 6) is -0.280. The van der Waals surface area contributed by atoms with Gasteiger partial charge in [0.05, 0.1) is 12.7 Å². The molecular weight excluding hydrogens is 306 g/mol. The Morgan fingerprint density at radius 2 is 2.30 bits per heavy atom. The molecule has 0 aromatic heterocycles. The Hall–Kier alpha value is -1.99. The lowest BCUT2D eigenvalue weighted by Gasteiger charge is -2.29. The second-order valence-corrected chi connectivity index (χ2v) is 5.25. The van der Waals surface area contributed by atoms with Gasteiger partial charge in [-0.2, -0.15) is 8.78 Å². The van der Waals surface area contributed by atoms with Crippen molar-refractivity contribution in [3.05, 3.63) is 35.9 Å². The maximum absolute atomic E-state index is 12.3.